The molecule has 24 heavy (non-hydrogen) atoms. The number of likely N-dealkylation sites (N-methyl/N-ethyl adjacent to an activating group) is 1. The Balaban J connectivity index is 2.67. The molecule has 2 amide bonds. The van der Waals surface area contributed by atoms with Gasteiger partial charge in [-0.3, -0.25) is 4.79 Å². The van der Waals surface area contributed by atoms with Crippen molar-refractivity contribution >= 4 is 12.0 Å². The first-order chi connectivity index (χ1) is 11.2. The molecule has 1 N–H and O–H groups in total. The molecule has 0 saturated carbocycles. The summed E-state index contributed by atoms with van der Waals surface area (Å²) in [6.45, 7) is 12.2. The summed E-state index contributed by atoms with van der Waals surface area (Å²) >= 11 is 0. The van der Waals surface area contributed by atoms with Crippen molar-refractivity contribution in [3.05, 3.63) is 35.4 Å². The molecule has 0 fully saturated rings. The number of carbonyl (C=O) groups excluding carboxylic acids is 2. The van der Waals surface area contributed by atoms with Gasteiger partial charge < -0.3 is 15.0 Å². The first-order valence-electron chi connectivity index (χ1n) is 8.55. The highest BCUT2D eigenvalue weighted by Gasteiger charge is 2.25. The summed E-state index contributed by atoms with van der Waals surface area (Å²) < 4.78 is 5.41. The van der Waals surface area contributed by atoms with Crippen LogP contribution in [0.1, 0.15) is 57.5 Å². The lowest BCUT2D eigenvalue weighted by Crippen LogP contribution is -2.47. The van der Waals surface area contributed by atoms with Gasteiger partial charge in [-0.25, -0.2) is 4.79 Å². The Morgan fingerprint density at radius 3 is 2.38 bits per heavy atom. The largest absolute Gasteiger partial charge is 0.444 e. The lowest BCUT2D eigenvalue weighted by Gasteiger charge is -2.31. The lowest BCUT2D eigenvalue weighted by molar-refractivity contribution is 0.0187. The standard InChI is InChI=1S/C19H30N2O3/c1-7-15-11-9-10-12-16(15)17(22)20-13-14(3)21(8-2)18(23)24-19(4,5)6/h9-12,14H,7-8,13H2,1-6H3,(H,20,22)/t14-/m1/s1. The maximum Gasteiger partial charge on any atom is 0.410 e. The molecule has 0 aliphatic heterocycles. The molecule has 1 aromatic rings. The normalized spacial score (nSPS) is 12.4. The fourth-order valence-corrected chi connectivity index (χ4v) is 2.44. The third kappa shape index (κ3) is 5.87. The van der Waals surface area contributed by atoms with Crippen LogP contribution in [0.4, 0.5) is 4.79 Å². The van der Waals surface area contributed by atoms with Gasteiger partial charge in [0.15, 0.2) is 0 Å². The average Bonchev–Trinajstić information content (AvgIpc) is 2.51. The molecule has 0 aliphatic rings. The maximum atomic E-state index is 12.4. The summed E-state index contributed by atoms with van der Waals surface area (Å²) in [5, 5.41) is 2.92. The second-order valence-electron chi connectivity index (χ2n) is 6.84. The number of nitrogens with one attached hydrogen (secondary N) is 1. The van der Waals surface area contributed by atoms with E-state index in [1.54, 1.807) is 4.90 Å². The molecule has 0 aliphatic carbocycles. The number of amides is 2. The molecular formula is C19H30N2O3. The van der Waals surface area contributed by atoms with E-state index in [1.807, 2.05) is 65.8 Å². The van der Waals surface area contributed by atoms with Gasteiger partial charge in [0.1, 0.15) is 5.60 Å². The molecule has 5 heteroatoms. The van der Waals surface area contributed by atoms with E-state index in [0.717, 1.165) is 12.0 Å². The Morgan fingerprint density at radius 1 is 1.21 bits per heavy atom. The minimum atomic E-state index is -0.534. The molecule has 0 bridgehead atoms. The summed E-state index contributed by atoms with van der Waals surface area (Å²) in [7, 11) is 0. The molecule has 0 unspecified atom stereocenters. The highest BCUT2D eigenvalue weighted by atomic mass is 16.6. The van der Waals surface area contributed by atoms with Crippen molar-refractivity contribution in [3.63, 3.8) is 0 Å². The molecule has 0 radical (unpaired) electrons. The number of aryl methyl sites for hydroxylation is 1. The van der Waals surface area contributed by atoms with Crippen LogP contribution in [0.5, 0.6) is 0 Å². The fraction of sp³-hybridized carbons (Fsp3) is 0.579. The van der Waals surface area contributed by atoms with Gasteiger partial charge in [0.05, 0.1) is 0 Å². The van der Waals surface area contributed by atoms with E-state index in [9.17, 15) is 9.59 Å². The summed E-state index contributed by atoms with van der Waals surface area (Å²) in [5.74, 6) is -0.112. The third-order valence-corrected chi connectivity index (χ3v) is 3.70. The topological polar surface area (TPSA) is 58.6 Å². The number of hydrogen-bond donors (Lipinski definition) is 1. The van der Waals surface area contributed by atoms with E-state index in [4.69, 9.17) is 4.74 Å². The summed E-state index contributed by atoms with van der Waals surface area (Å²) in [4.78, 5) is 26.3. The van der Waals surface area contributed by atoms with E-state index in [1.165, 1.54) is 0 Å². The molecule has 0 saturated heterocycles. The van der Waals surface area contributed by atoms with Crippen molar-refractivity contribution < 1.29 is 14.3 Å². The van der Waals surface area contributed by atoms with Crippen molar-refractivity contribution in [1.29, 1.82) is 0 Å². The number of benzene rings is 1. The van der Waals surface area contributed by atoms with Gasteiger partial charge in [-0.2, -0.15) is 0 Å². The summed E-state index contributed by atoms with van der Waals surface area (Å²) in [6, 6.07) is 7.42. The molecule has 1 atom stereocenters. The van der Waals surface area contributed by atoms with Crippen LogP contribution in [0, 0.1) is 0 Å². The van der Waals surface area contributed by atoms with Crippen LogP contribution in [0.3, 0.4) is 0 Å². The van der Waals surface area contributed by atoms with Gasteiger partial charge in [0.25, 0.3) is 5.91 Å². The first kappa shape index (κ1) is 20.0. The predicted octanol–water partition coefficient (Wildman–Crippen LogP) is 3.62. The Hall–Kier alpha value is -2.04. The molecule has 1 aromatic carbocycles. The van der Waals surface area contributed by atoms with Crippen molar-refractivity contribution in [2.75, 3.05) is 13.1 Å². The Morgan fingerprint density at radius 2 is 1.83 bits per heavy atom. The second-order valence-corrected chi connectivity index (χ2v) is 6.84. The monoisotopic (exact) mass is 334 g/mol. The zero-order chi connectivity index (χ0) is 18.3. The maximum absolute atomic E-state index is 12.4. The lowest BCUT2D eigenvalue weighted by atomic mass is 10.0. The van der Waals surface area contributed by atoms with Crippen molar-refractivity contribution in [1.82, 2.24) is 10.2 Å². The minimum Gasteiger partial charge on any atom is -0.444 e. The second kappa shape index (κ2) is 8.71. The van der Waals surface area contributed by atoms with E-state index in [2.05, 4.69) is 5.32 Å². The van der Waals surface area contributed by atoms with Gasteiger partial charge >= 0.3 is 6.09 Å². The van der Waals surface area contributed by atoms with Gasteiger partial charge in [-0.15, -0.1) is 0 Å². The quantitative estimate of drug-likeness (QED) is 0.864. The number of carbonyl (C=O) groups is 2. The van der Waals surface area contributed by atoms with Crippen LogP contribution in [-0.2, 0) is 11.2 Å². The van der Waals surface area contributed by atoms with E-state index >= 15 is 0 Å². The van der Waals surface area contributed by atoms with E-state index in [-0.39, 0.29) is 18.0 Å². The highest BCUT2D eigenvalue weighted by Crippen LogP contribution is 2.12. The van der Waals surface area contributed by atoms with Crippen LogP contribution in [0.2, 0.25) is 0 Å². The zero-order valence-corrected chi connectivity index (χ0v) is 15.7. The number of ether oxygens (including phenoxy) is 1. The molecule has 134 valence electrons. The number of hydrogen-bond acceptors (Lipinski definition) is 3. The van der Waals surface area contributed by atoms with Crippen LogP contribution < -0.4 is 5.32 Å². The Kier molecular flexibility index (Phi) is 7.26. The van der Waals surface area contributed by atoms with Crippen LogP contribution in [0.15, 0.2) is 24.3 Å². The average molecular weight is 334 g/mol. The molecule has 0 aromatic heterocycles. The fourth-order valence-electron chi connectivity index (χ4n) is 2.44. The minimum absolute atomic E-state index is 0.112. The predicted molar refractivity (Wildman–Crippen MR) is 96.2 cm³/mol. The first-order valence-corrected chi connectivity index (χ1v) is 8.55. The SMILES string of the molecule is CCc1ccccc1C(=O)NC[C@@H](C)N(CC)C(=O)OC(C)(C)C. The van der Waals surface area contributed by atoms with E-state index < -0.39 is 5.60 Å². The molecule has 0 spiro atoms. The number of nitrogens with zero attached hydrogens (tertiary/aromatic N) is 1. The Bertz CT molecular complexity index is 564. The highest BCUT2D eigenvalue weighted by molar-refractivity contribution is 5.95. The molecule has 0 heterocycles. The van der Waals surface area contributed by atoms with Crippen molar-refractivity contribution in [2.45, 2.75) is 59.6 Å². The molecular weight excluding hydrogens is 304 g/mol. The van der Waals surface area contributed by atoms with Crippen LogP contribution >= 0.6 is 0 Å². The van der Waals surface area contributed by atoms with Crippen LogP contribution in [-0.4, -0.2) is 41.6 Å². The third-order valence-electron chi connectivity index (χ3n) is 3.70. The van der Waals surface area contributed by atoms with Gasteiger partial charge in [0.2, 0.25) is 0 Å². The smallest absolute Gasteiger partial charge is 0.410 e. The van der Waals surface area contributed by atoms with Gasteiger partial charge in [-0.1, -0.05) is 25.1 Å². The van der Waals surface area contributed by atoms with Gasteiger partial charge in [-0.05, 0) is 52.7 Å². The zero-order valence-electron chi connectivity index (χ0n) is 15.7. The summed E-state index contributed by atoms with van der Waals surface area (Å²) in [5.41, 5.74) is 1.17. The van der Waals surface area contributed by atoms with Gasteiger partial charge in [0, 0.05) is 24.7 Å². The molecule has 1 rings (SSSR count). The molecule has 5 nitrogen and oxygen atoms in total. The summed E-state index contributed by atoms with van der Waals surface area (Å²) in [6.07, 6.45) is 0.443. The van der Waals surface area contributed by atoms with Crippen molar-refractivity contribution in [2.24, 2.45) is 0 Å². The van der Waals surface area contributed by atoms with E-state index in [0.29, 0.717) is 18.7 Å². The Labute approximate surface area is 145 Å². The number of rotatable bonds is 6. The van der Waals surface area contributed by atoms with Crippen LogP contribution in [0.25, 0.3) is 0 Å². The van der Waals surface area contributed by atoms with Crippen molar-refractivity contribution in [3.8, 4) is 0 Å².